The number of nitrogens with one attached hydrogen (secondary N) is 1. The van der Waals surface area contributed by atoms with E-state index in [4.69, 9.17) is 27.6 Å². The van der Waals surface area contributed by atoms with Crippen LogP contribution in [0, 0.1) is 11.8 Å². The molecule has 0 bridgehead atoms. The van der Waals surface area contributed by atoms with Crippen molar-refractivity contribution in [1.82, 2.24) is 15.2 Å². The highest BCUT2D eigenvalue weighted by Gasteiger charge is 2.23. The van der Waals surface area contributed by atoms with Crippen molar-refractivity contribution in [3.8, 4) is 0 Å². The van der Waals surface area contributed by atoms with Gasteiger partial charge in [-0.15, -0.1) is 0 Å². The van der Waals surface area contributed by atoms with E-state index in [9.17, 15) is 9.59 Å². The van der Waals surface area contributed by atoms with Gasteiger partial charge in [-0.05, 0) is 11.8 Å². The highest BCUT2D eigenvalue weighted by Crippen LogP contribution is 2.14. The highest BCUT2D eigenvalue weighted by atomic mass is 35.5. The average molecular weight is 364 g/mol. The van der Waals surface area contributed by atoms with Crippen molar-refractivity contribution in [3.05, 3.63) is 17.8 Å². The number of hydrogen-bond acceptors (Lipinski definition) is 4. The van der Waals surface area contributed by atoms with Gasteiger partial charge in [-0.25, -0.2) is 4.98 Å². The molecule has 2 amide bonds. The third kappa shape index (κ3) is 6.79. The van der Waals surface area contributed by atoms with Gasteiger partial charge in [-0.1, -0.05) is 50.9 Å². The third-order valence-corrected chi connectivity index (χ3v) is 3.24. The lowest BCUT2D eigenvalue weighted by Crippen LogP contribution is -2.37. The fraction of sp³-hybridized carbons (Fsp3) is 0.667. The van der Waals surface area contributed by atoms with E-state index in [2.05, 4.69) is 10.3 Å². The van der Waals surface area contributed by atoms with E-state index in [0.29, 0.717) is 19.0 Å². The number of halogens is 2. The Bertz CT molecular complexity index is 530. The molecule has 0 unspecified atom stereocenters. The van der Waals surface area contributed by atoms with Crippen molar-refractivity contribution < 1.29 is 14.0 Å². The van der Waals surface area contributed by atoms with E-state index >= 15 is 0 Å². The van der Waals surface area contributed by atoms with Crippen LogP contribution in [0.3, 0.4) is 0 Å². The van der Waals surface area contributed by atoms with Crippen LogP contribution in [0.5, 0.6) is 0 Å². The number of aromatic nitrogens is 1. The van der Waals surface area contributed by atoms with Gasteiger partial charge in [-0.2, -0.15) is 0 Å². The molecule has 130 valence electrons. The first kappa shape index (κ1) is 19.8. The van der Waals surface area contributed by atoms with E-state index in [-0.39, 0.29) is 30.0 Å². The molecule has 0 aliphatic rings. The summed E-state index contributed by atoms with van der Waals surface area (Å²) in [4.78, 5) is 28.4. The Balaban J connectivity index is 2.74. The SMILES string of the molecule is CC(C)CNC(=O)c1coc(CN(CC(C)C)C(=O)C(Cl)Cl)n1. The van der Waals surface area contributed by atoms with Gasteiger partial charge in [0.05, 0.1) is 6.54 Å². The van der Waals surface area contributed by atoms with Crippen LogP contribution in [0.25, 0.3) is 0 Å². The number of hydrogen-bond donors (Lipinski definition) is 1. The standard InChI is InChI=1S/C15H23Cl2N3O3/c1-9(2)5-18-14(21)11-8-23-12(19-11)7-20(6-10(3)4)15(22)13(16)17/h8-10,13H,5-7H2,1-4H3,(H,18,21). The second-order valence-electron chi connectivity index (χ2n) is 6.14. The molecule has 0 fully saturated rings. The van der Waals surface area contributed by atoms with Crippen molar-refractivity contribution >= 4 is 35.0 Å². The molecular weight excluding hydrogens is 341 g/mol. The molecule has 0 aliphatic heterocycles. The molecule has 1 heterocycles. The molecule has 0 atom stereocenters. The molecule has 1 aromatic rings. The Labute approximate surface area is 146 Å². The number of carbonyl (C=O) groups excluding carboxylic acids is 2. The Hall–Kier alpha value is -1.27. The van der Waals surface area contributed by atoms with Crippen molar-refractivity contribution in [2.75, 3.05) is 13.1 Å². The molecule has 0 radical (unpaired) electrons. The Morgan fingerprint density at radius 3 is 2.43 bits per heavy atom. The first-order valence-corrected chi connectivity index (χ1v) is 8.37. The van der Waals surface area contributed by atoms with Gasteiger partial charge in [0, 0.05) is 13.1 Å². The maximum absolute atomic E-state index is 12.0. The zero-order valence-corrected chi connectivity index (χ0v) is 15.3. The van der Waals surface area contributed by atoms with Gasteiger partial charge in [-0.3, -0.25) is 9.59 Å². The number of carbonyl (C=O) groups is 2. The normalized spacial score (nSPS) is 11.3. The zero-order valence-electron chi connectivity index (χ0n) is 13.8. The molecular formula is C15H23Cl2N3O3. The molecule has 23 heavy (non-hydrogen) atoms. The second kappa shape index (κ2) is 9.13. The van der Waals surface area contributed by atoms with Crippen LogP contribution in [0.15, 0.2) is 10.7 Å². The lowest BCUT2D eigenvalue weighted by Gasteiger charge is -2.23. The maximum atomic E-state index is 12.0. The minimum atomic E-state index is -1.14. The second-order valence-corrected chi connectivity index (χ2v) is 7.24. The summed E-state index contributed by atoms with van der Waals surface area (Å²) in [7, 11) is 0. The minimum absolute atomic E-state index is 0.115. The van der Waals surface area contributed by atoms with Crippen LogP contribution >= 0.6 is 23.2 Å². The summed E-state index contributed by atoms with van der Waals surface area (Å²) in [5.74, 6) is 0.125. The summed E-state index contributed by atoms with van der Waals surface area (Å²) < 4.78 is 5.28. The zero-order chi connectivity index (χ0) is 17.6. The average Bonchev–Trinajstić information content (AvgIpc) is 2.91. The molecule has 0 aliphatic carbocycles. The van der Waals surface area contributed by atoms with Crippen molar-refractivity contribution in [2.45, 2.75) is 39.1 Å². The quantitative estimate of drug-likeness (QED) is 0.720. The van der Waals surface area contributed by atoms with E-state index in [1.54, 1.807) is 0 Å². The molecule has 1 rings (SSSR count). The van der Waals surface area contributed by atoms with Gasteiger partial charge >= 0.3 is 0 Å². The van der Waals surface area contributed by atoms with Crippen molar-refractivity contribution in [2.24, 2.45) is 11.8 Å². The Kier molecular flexibility index (Phi) is 7.85. The van der Waals surface area contributed by atoms with Crippen LogP contribution in [0.1, 0.15) is 44.1 Å². The molecule has 8 heteroatoms. The van der Waals surface area contributed by atoms with Gasteiger partial charge in [0.25, 0.3) is 11.8 Å². The summed E-state index contributed by atoms with van der Waals surface area (Å²) in [5.41, 5.74) is 0.186. The smallest absolute Gasteiger partial charge is 0.273 e. The molecule has 0 aromatic carbocycles. The number of alkyl halides is 2. The predicted octanol–water partition coefficient (Wildman–Crippen LogP) is 2.85. The summed E-state index contributed by atoms with van der Waals surface area (Å²) >= 11 is 11.3. The lowest BCUT2D eigenvalue weighted by molar-refractivity contribution is -0.130. The van der Waals surface area contributed by atoms with Gasteiger partial charge in [0.15, 0.2) is 10.5 Å². The highest BCUT2D eigenvalue weighted by molar-refractivity contribution is 6.53. The van der Waals surface area contributed by atoms with E-state index in [1.165, 1.54) is 11.2 Å². The lowest BCUT2D eigenvalue weighted by atomic mass is 10.2. The number of amides is 2. The number of oxazole rings is 1. The molecule has 0 saturated heterocycles. The van der Waals surface area contributed by atoms with Crippen LogP contribution in [0.2, 0.25) is 0 Å². The fourth-order valence-electron chi connectivity index (χ4n) is 1.85. The van der Waals surface area contributed by atoms with Crippen molar-refractivity contribution in [3.63, 3.8) is 0 Å². The Morgan fingerprint density at radius 2 is 1.91 bits per heavy atom. The van der Waals surface area contributed by atoms with E-state index < -0.39 is 10.7 Å². The first-order valence-electron chi connectivity index (χ1n) is 7.50. The molecule has 6 nitrogen and oxygen atoms in total. The first-order chi connectivity index (χ1) is 10.7. The summed E-state index contributed by atoms with van der Waals surface area (Å²) in [6.45, 7) is 9.07. The van der Waals surface area contributed by atoms with E-state index in [1.807, 2.05) is 27.7 Å². The molecule has 0 spiro atoms. The maximum Gasteiger partial charge on any atom is 0.273 e. The van der Waals surface area contributed by atoms with Crippen molar-refractivity contribution in [1.29, 1.82) is 0 Å². The Morgan fingerprint density at radius 1 is 1.26 bits per heavy atom. The number of rotatable bonds is 8. The monoisotopic (exact) mass is 363 g/mol. The summed E-state index contributed by atoms with van der Waals surface area (Å²) in [6.07, 6.45) is 1.28. The summed E-state index contributed by atoms with van der Waals surface area (Å²) in [5, 5.41) is 2.75. The molecule has 1 aromatic heterocycles. The third-order valence-electron chi connectivity index (χ3n) is 2.87. The van der Waals surface area contributed by atoms with Gasteiger partial charge < -0.3 is 14.6 Å². The molecule has 1 N–H and O–H groups in total. The minimum Gasteiger partial charge on any atom is -0.446 e. The predicted molar refractivity (Wildman–Crippen MR) is 89.4 cm³/mol. The van der Waals surface area contributed by atoms with E-state index in [0.717, 1.165) is 0 Å². The fourth-order valence-corrected chi connectivity index (χ4v) is 2.13. The van der Waals surface area contributed by atoms with Crippen LogP contribution < -0.4 is 5.32 Å². The summed E-state index contributed by atoms with van der Waals surface area (Å²) in [6, 6.07) is 0. The van der Waals surface area contributed by atoms with Crippen LogP contribution in [-0.2, 0) is 11.3 Å². The topological polar surface area (TPSA) is 75.4 Å². The van der Waals surface area contributed by atoms with Crippen LogP contribution in [-0.4, -0.2) is 39.6 Å². The van der Waals surface area contributed by atoms with Gasteiger partial charge in [0.1, 0.15) is 6.26 Å². The van der Waals surface area contributed by atoms with Crippen LogP contribution in [0.4, 0.5) is 0 Å². The number of nitrogens with zero attached hydrogens (tertiary/aromatic N) is 2. The largest absolute Gasteiger partial charge is 0.446 e. The van der Waals surface area contributed by atoms with Gasteiger partial charge in [0.2, 0.25) is 5.89 Å². The molecule has 0 saturated carbocycles.